The number of hydrogen-bond donors (Lipinski definition) is 1. The van der Waals surface area contributed by atoms with E-state index in [2.05, 4.69) is 10.1 Å². The average Bonchev–Trinajstić information content (AvgIpc) is 2.17. The summed E-state index contributed by atoms with van der Waals surface area (Å²) in [5.74, 6) is 1.29. The first-order chi connectivity index (χ1) is 4.33. The van der Waals surface area contributed by atoms with Gasteiger partial charge in [-0.2, -0.15) is 4.98 Å². The van der Waals surface area contributed by atoms with Crippen LogP contribution in [0.15, 0.2) is 4.52 Å². The molecule has 0 bridgehead atoms. The second-order valence-electron chi connectivity index (χ2n) is 1.77. The van der Waals surface area contributed by atoms with Crippen LogP contribution in [-0.2, 0) is 6.42 Å². The van der Waals surface area contributed by atoms with E-state index in [0.717, 1.165) is 0 Å². The van der Waals surface area contributed by atoms with Crippen LogP contribution in [0, 0.1) is 6.92 Å². The normalized spacial score (nSPS) is 9.00. The quantitative estimate of drug-likeness (QED) is 0.681. The molecule has 0 radical (unpaired) electrons. The van der Waals surface area contributed by atoms with Crippen LogP contribution < -0.4 is 5.73 Å². The Hall–Kier alpha value is -0.610. The lowest BCUT2D eigenvalue weighted by Crippen LogP contribution is -2.03. The van der Waals surface area contributed by atoms with Gasteiger partial charge in [-0.05, 0) is 6.54 Å². The van der Waals surface area contributed by atoms with E-state index >= 15 is 0 Å². The SMILES string of the molecule is Cc1nc(CCN)no1.Cl. The number of nitrogens with two attached hydrogens (primary N) is 1. The van der Waals surface area contributed by atoms with Crippen LogP contribution in [0.25, 0.3) is 0 Å². The molecular weight excluding hydrogens is 154 g/mol. The molecule has 0 aliphatic heterocycles. The van der Waals surface area contributed by atoms with E-state index in [-0.39, 0.29) is 12.4 Å². The Labute approximate surface area is 65.2 Å². The second kappa shape index (κ2) is 4.24. The fourth-order valence-corrected chi connectivity index (χ4v) is 0.572. The topological polar surface area (TPSA) is 64.9 Å². The highest BCUT2D eigenvalue weighted by Gasteiger charge is 1.97. The van der Waals surface area contributed by atoms with Gasteiger partial charge in [-0.15, -0.1) is 12.4 Å². The molecule has 1 rings (SSSR count). The van der Waals surface area contributed by atoms with Gasteiger partial charge in [0.1, 0.15) is 0 Å². The third-order valence-electron chi connectivity index (χ3n) is 0.938. The van der Waals surface area contributed by atoms with Gasteiger partial charge in [0.2, 0.25) is 5.89 Å². The standard InChI is InChI=1S/C5H9N3O.ClH/c1-4-7-5(2-3-6)8-9-4;/h2-3,6H2,1H3;1H. The van der Waals surface area contributed by atoms with Gasteiger partial charge in [0, 0.05) is 13.3 Å². The van der Waals surface area contributed by atoms with Crippen molar-refractivity contribution < 1.29 is 4.52 Å². The molecule has 0 amide bonds. The summed E-state index contributed by atoms with van der Waals surface area (Å²) < 4.78 is 4.70. The smallest absolute Gasteiger partial charge is 0.223 e. The van der Waals surface area contributed by atoms with Crippen molar-refractivity contribution in [3.8, 4) is 0 Å². The summed E-state index contributed by atoms with van der Waals surface area (Å²) in [5.41, 5.74) is 5.25. The maximum atomic E-state index is 5.25. The van der Waals surface area contributed by atoms with Crippen molar-refractivity contribution in [2.45, 2.75) is 13.3 Å². The van der Waals surface area contributed by atoms with Gasteiger partial charge in [0.25, 0.3) is 0 Å². The summed E-state index contributed by atoms with van der Waals surface area (Å²) in [6.07, 6.45) is 0.692. The van der Waals surface area contributed by atoms with Crippen molar-refractivity contribution in [2.75, 3.05) is 6.54 Å². The molecule has 0 fully saturated rings. The lowest BCUT2D eigenvalue weighted by atomic mass is 10.4. The van der Waals surface area contributed by atoms with Crippen LogP contribution in [-0.4, -0.2) is 16.7 Å². The highest BCUT2D eigenvalue weighted by Crippen LogP contribution is 1.93. The van der Waals surface area contributed by atoms with Crippen LogP contribution in [0.2, 0.25) is 0 Å². The van der Waals surface area contributed by atoms with E-state index in [1.54, 1.807) is 6.92 Å². The lowest BCUT2D eigenvalue weighted by Gasteiger charge is -1.82. The van der Waals surface area contributed by atoms with Crippen LogP contribution in [0.5, 0.6) is 0 Å². The van der Waals surface area contributed by atoms with Gasteiger partial charge in [0.15, 0.2) is 5.82 Å². The number of aryl methyl sites for hydroxylation is 1. The molecule has 0 aliphatic carbocycles. The summed E-state index contributed by atoms with van der Waals surface area (Å²) in [6, 6.07) is 0. The van der Waals surface area contributed by atoms with Crippen molar-refractivity contribution >= 4 is 12.4 Å². The zero-order chi connectivity index (χ0) is 6.69. The maximum absolute atomic E-state index is 5.25. The first kappa shape index (κ1) is 9.39. The van der Waals surface area contributed by atoms with Crippen molar-refractivity contribution in [3.05, 3.63) is 11.7 Å². The van der Waals surface area contributed by atoms with E-state index < -0.39 is 0 Å². The molecule has 2 N–H and O–H groups in total. The average molecular weight is 164 g/mol. The Balaban J connectivity index is 0.000000810. The monoisotopic (exact) mass is 163 g/mol. The van der Waals surface area contributed by atoms with Gasteiger partial charge in [-0.25, -0.2) is 0 Å². The molecular formula is C5H10ClN3O. The molecule has 58 valence electrons. The van der Waals surface area contributed by atoms with Crippen molar-refractivity contribution in [1.29, 1.82) is 0 Å². The first-order valence-electron chi connectivity index (χ1n) is 2.82. The summed E-state index contributed by atoms with van der Waals surface area (Å²) in [6.45, 7) is 2.33. The Kier molecular flexibility index (Phi) is 3.99. The number of hydrogen-bond acceptors (Lipinski definition) is 4. The van der Waals surface area contributed by atoms with E-state index in [4.69, 9.17) is 10.3 Å². The van der Waals surface area contributed by atoms with Crippen molar-refractivity contribution in [1.82, 2.24) is 10.1 Å². The number of rotatable bonds is 2. The van der Waals surface area contributed by atoms with Gasteiger partial charge in [-0.3, -0.25) is 0 Å². The Morgan fingerprint density at radius 1 is 1.60 bits per heavy atom. The fraction of sp³-hybridized carbons (Fsp3) is 0.600. The highest BCUT2D eigenvalue weighted by atomic mass is 35.5. The minimum absolute atomic E-state index is 0. The van der Waals surface area contributed by atoms with Crippen LogP contribution >= 0.6 is 12.4 Å². The zero-order valence-corrected chi connectivity index (χ0v) is 6.52. The molecule has 10 heavy (non-hydrogen) atoms. The maximum Gasteiger partial charge on any atom is 0.223 e. The zero-order valence-electron chi connectivity index (χ0n) is 5.70. The molecule has 4 nitrogen and oxygen atoms in total. The van der Waals surface area contributed by atoms with Gasteiger partial charge < -0.3 is 10.3 Å². The van der Waals surface area contributed by atoms with Crippen LogP contribution in [0.1, 0.15) is 11.7 Å². The van der Waals surface area contributed by atoms with Crippen LogP contribution in [0.3, 0.4) is 0 Å². The molecule has 0 unspecified atom stereocenters. The highest BCUT2D eigenvalue weighted by molar-refractivity contribution is 5.85. The van der Waals surface area contributed by atoms with Gasteiger partial charge in [-0.1, -0.05) is 5.16 Å². The van der Waals surface area contributed by atoms with Gasteiger partial charge in [0.05, 0.1) is 0 Å². The third-order valence-corrected chi connectivity index (χ3v) is 0.938. The lowest BCUT2D eigenvalue weighted by molar-refractivity contribution is 0.387. The molecule has 1 aromatic rings. The van der Waals surface area contributed by atoms with Crippen molar-refractivity contribution in [3.63, 3.8) is 0 Å². The van der Waals surface area contributed by atoms with E-state index in [1.165, 1.54) is 0 Å². The molecule has 0 spiro atoms. The third kappa shape index (κ3) is 2.33. The summed E-state index contributed by atoms with van der Waals surface area (Å²) >= 11 is 0. The Morgan fingerprint density at radius 3 is 2.70 bits per heavy atom. The summed E-state index contributed by atoms with van der Waals surface area (Å²) in [7, 11) is 0. The Morgan fingerprint density at radius 2 is 2.30 bits per heavy atom. The molecule has 0 aromatic carbocycles. The molecule has 0 aliphatic rings. The molecule has 0 atom stereocenters. The van der Waals surface area contributed by atoms with Crippen molar-refractivity contribution in [2.24, 2.45) is 5.73 Å². The van der Waals surface area contributed by atoms with Crippen LogP contribution in [0.4, 0.5) is 0 Å². The molecule has 1 heterocycles. The van der Waals surface area contributed by atoms with E-state index in [1.807, 2.05) is 0 Å². The predicted molar refractivity (Wildman–Crippen MR) is 39.0 cm³/mol. The Bertz CT molecular complexity index is 189. The fourth-order valence-electron chi connectivity index (χ4n) is 0.572. The predicted octanol–water partition coefficient (Wildman–Crippen LogP) is 0.301. The van der Waals surface area contributed by atoms with E-state index in [9.17, 15) is 0 Å². The summed E-state index contributed by atoms with van der Waals surface area (Å²) in [4.78, 5) is 3.94. The number of nitrogens with zero attached hydrogens (tertiary/aromatic N) is 2. The summed E-state index contributed by atoms with van der Waals surface area (Å²) in [5, 5.41) is 3.64. The minimum Gasteiger partial charge on any atom is -0.340 e. The molecule has 5 heteroatoms. The second-order valence-corrected chi connectivity index (χ2v) is 1.77. The van der Waals surface area contributed by atoms with Gasteiger partial charge >= 0.3 is 0 Å². The largest absolute Gasteiger partial charge is 0.340 e. The van der Waals surface area contributed by atoms with E-state index in [0.29, 0.717) is 24.7 Å². The molecule has 0 saturated heterocycles. The molecule has 1 aromatic heterocycles. The first-order valence-corrected chi connectivity index (χ1v) is 2.82. The number of halogens is 1. The molecule has 0 saturated carbocycles. The number of aromatic nitrogens is 2. The minimum atomic E-state index is 0.